The highest BCUT2D eigenvalue weighted by Gasteiger charge is 2.56. The lowest BCUT2D eigenvalue weighted by Crippen LogP contribution is -2.23. The largest absolute Gasteiger partial charge is 0.349 e. The third-order valence-corrected chi connectivity index (χ3v) is 4.78. The van der Waals surface area contributed by atoms with Crippen molar-refractivity contribution >= 4 is 17.5 Å². The van der Waals surface area contributed by atoms with Gasteiger partial charge < -0.3 is 10.2 Å². The molecule has 4 heteroatoms. The van der Waals surface area contributed by atoms with E-state index >= 15 is 0 Å². The topological polar surface area (TPSA) is 49.4 Å². The Labute approximate surface area is 125 Å². The molecule has 21 heavy (non-hydrogen) atoms. The van der Waals surface area contributed by atoms with E-state index in [2.05, 4.69) is 5.32 Å². The molecule has 0 radical (unpaired) electrons. The van der Waals surface area contributed by atoms with Gasteiger partial charge in [-0.25, -0.2) is 0 Å². The van der Waals surface area contributed by atoms with Crippen molar-refractivity contribution in [3.8, 4) is 0 Å². The van der Waals surface area contributed by atoms with Crippen LogP contribution in [0.4, 0.5) is 5.69 Å². The Balaban J connectivity index is 1.55. The Hall–Kier alpha value is -1.84. The SMILES string of the molecule is CN(C)C(=O)Cc1ccc(NC(=O)C2[C@@H]3CCC[C@@H]23)cc1. The molecule has 1 aromatic rings. The molecule has 0 unspecified atom stereocenters. The minimum atomic E-state index is 0.0811. The predicted octanol–water partition coefficient (Wildman–Crippen LogP) is 2.30. The van der Waals surface area contributed by atoms with Crippen LogP contribution < -0.4 is 5.32 Å². The molecule has 112 valence electrons. The van der Waals surface area contributed by atoms with E-state index < -0.39 is 0 Å². The van der Waals surface area contributed by atoms with E-state index in [1.54, 1.807) is 19.0 Å². The number of rotatable bonds is 4. The van der Waals surface area contributed by atoms with Crippen LogP contribution in [0.3, 0.4) is 0 Å². The predicted molar refractivity (Wildman–Crippen MR) is 81.8 cm³/mol. The number of fused-ring (bicyclic) bond motifs is 1. The van der Waals surface area contributed by atoms with Gasteiger partial charge in [0.1, 0.15) is 0 Å². The van der Waals surface area contributed by atoms with Crippen molar-refractivity contribution in [1.29, 1.82) is 0 Å². The molecule has 2 amide bonds. The molecule has 0 heterocycles. The molecule has 2 saturated carbocycles. The van der Waals surface area contributed by atoms with Crippen molar-refractivity contribution in [2.75, 3.05) is 19.4 Å². The fraction of sp³-hybridized carbons (Fsp3) is 0.529. The third kappa shape index (κ3) is 2.94. The zero-order valence-electron chi connectivity index (χ0n) is 12.6. The van der Waals surface area contributed by atoms with Gasteiger partial charge in [-0.15, -0.1) is 0 Å². The second-order valence-corrected chi connectivity index (χ2v) is 6.44. The molecule has 0 aromatic heterocycles. The molecule has 0 aliphatic heterocycles. The van der Waals surface area contributed by atoms with E-state index in [1.807, 2.05) is 24.3 Å². The first-order chi connectivity index (χ1) is 10.1. The van der Waals surface area contributed by atoms with E-state index in [-0.39, 0.29) is 17.7 Å². The number of nitrogens with one attached hydrogen (secondary N) is 1. The van der Waals surface area contributed by atoms with Crippen LogP contribution in [0.15, 0.2) is 24.3 Å². The maximum atomic E-state index is 12.2. The molecule has 2 aliphatic carbocycles. The molecule has 2 atom stereocenters. The highest BCUT2D eigenvalue weighted by Crippen LogP contribution is 2.57. The van der Waals surface area contributed by atoms with Gasteiger partial charge in [-0.05, 0) is 42.4 Å². The minimum absolute atomic E-state index is 0.0811. The van der Waals surface area contributed by atoms with Crippen LogP contribution in [0.1, 0.15) is 24.8 Å². The molecule has 2 aliphatic rings. The first kappa shape index (κ1) is 14.1. The molecule has 2 fully saturated rings. The molecule has 0 bridgehead atoms. The lowest BCUT2D eigenvalue weighted by molar-refractivity contribution is -0.128. The lowest BCUT2D eigenvalue weighted by Gasteiger charge is -2.11. The maximum Gasteiger partial charge on any atom is 0.228 e. The van der Waals surface area contributed by atoms with E-state index in [0.717, 1.165) is 11.3 Å². The minimum Gasteiger partial charge on any atom is -0.349 e. The summed E-state index contributed by atoms with van der Waals surface area (Å²) < 4.78 is 0. The summed E-state index contributed by atoms with van der Waals surface area (Å²) in [6.45, 7) is 0. The molecule has 4 nitrogen and oxygen atoms in total. The third-order valence-electron chi connectivity index (χ3n) is 4.78. The van der Waals surface area contributed by atoms with Gasteiger partial charge in [-0.1, -0.05) is 18.6 Å². The normalized spacial score (nSPS) is 26.1. The molecule has 0 saturated heterocycles. The van der Waals surface area contributed by atoms with Crippen molar-refractivity contribution < 1.29 is 9.59 Å². The average molecular weight is 286 g/mol. The van der Waals surface area contributed by atoms with E-state index in [9.17, 15) is 9.59 Å². The summed E-state index contributed by atoms with van der Waals surface area (Å²) in [5, 5.41) is 3.00. The van der Waals surface area contributed by atoms with Crippen LogP contribution in [0.25, 0.3) is 0 Å². The lowest BCUT2D eigenvalue weighted by atomic mass is 10.1. The van der Waals surface area contributed by atoms with Crippen molar-refractivity contribution in [1.82, 2.24) is 4.90 Å². The number of hydrogen-bond acceptors (Lipinski definition) is 2. The highest BCUT2D eigenvalue weighted by atomic mass is 16.2. The Bertz CT molecular complexity index is 540. The van der Waals surface area contributed by atoms with Gasteiger partial charge in [-0.3, -0.25) is 9.59 Å². The second-order valence-electron chi connectivity index (χ2n) is 6.44. The van der Waals surface area contributed by atoms with Gasteiger partial charge in [0.05, 0.1) is 6.42 Å². The number of carbonyl (C=O) groups excluding carboxylic acids is 2. The van der Waals surface area contributed by atoms with Crippen molar-refractivity contribution in [3.05, 3.63) is 29.8 Å². The van der Waals surface area contributed by atoms with Crippen LogP contribution in [0, 0.1) is 17.8 Å². The van der Waals surface area contributed by atoms with E-state index in [0.29, 0.717) is 18.3 Å². The molecule has 1 aromatic carbocycles. The van der Waals surface area contributed by atoms with Gasteiger partial charge in [0, 0.05) is 25.7 Å². The summed E-state index contributed by atoms with van der Waals surface area (Å²) >= 11 is 0. The fourth-order valence-electron chi connectivity index (χ4n) is 3.47. The highest BCUT2D eigenvalue weighted by molar-refractivity contribution is 5.95. The number of benzene rings is 1. The number of nitrogens with zero attached hydrogens (tertiary/aromatic N) is 1. The van der Waals surface area contributed by atoms with Gasteiger partial charge in [-0.2, -0.15) is 0 Å². The molecule has 1 N–H and O–H groups in total. The number of carbonyl (C=O) groups is 2. The summed E-state index contributed by atoms with van der Waals surface area (Å²) in [7, 11) is 3.51. The summed E-state index contributed by atoms with van der Waals surface area (Å²) in [6, 6.07) is 7.58. The van der Waals surface area contributed by atoms with Crippen molar-refractivity contribution in [3.63, 3.8) is 0 Å². The smallest absolute Gasteiger partial charge is 0.228 e. The van der Waals surface area contributed by atoms with Crippen LogP contribution in [-0.2, 0) is 16.0 Å². The monoisotopic (exact) mass is 286 g/mol. The average Bonchev–Trinajstić information content (AvgIpc) is 2.94. The standard InChI is InChI=1S/C17H22N2O2/c1-19(2)15(20)10-11-6-8-12(9-7-11)18-17(21)16-13-4-3-5-14(13)16/h6-9,13-14,16H,3-5,10H2,1-2H3,(H,18,21)/t13-,14-/m1/s1. The summed E-state index contributed by atoms with van der Waals surface area (Å²) in [5.74, 6) is 1.78. The Morgan fingerprint density at radius 3 is 2.33 bits per heavy atom. The van der Waals surface area contributed by atoms with Crippen molar-refractivity contribution in [2.45, 2.75) is 25.7 Å². The Morgan fingerprint density at radius 1 is 1.14 bits per heavy atom. The van der Waals surface area contributed by atoms with Crippen LogP contribution in [0.2, 0.25) is 0 Å². The maximum absolute atomic E-state index is 12.2. The quantitative estimate of drug-likeness (QED) is 0.923. The number of hydrogen-bond donors (Lipinski definition) is 1. The van der Waals surface area contributed by atoms with Crippen LogP contribution >= 0.6 is 0 Å². The number of amides is 2. The van der Waals surface area contributed by atoms with E-state index in [4.69, 9.17) is 0 Å². The first-order valence-corrected chi connectivity index (χ1v) is 7.66. The Kier molecular flexibility index (Phi) is 3.70. The van der Waals surface area contributed by atoms with Crippen molar-refractivity contribution in [2.24, 2.45) is 17.8 Å². The summed E-state index contributed by atoms with van der Waals surface area (Å²) in [6.07, 6.45) is 4.12. The first-order valence-electron chi connectivity index (χ1n) is 7.66. The molecule has 3 rings (SSSR count). The second kappa shape index (κ2) is 5.51. The molecule has 0 spiro atoms. The van der Waals surface area contributed by atoms with Gasteiger partial charge in [0.25, 0.3) is 0 Å². The van der Waals surface area contributed by atoms with Crippen LogP contribution in [-0.4, -0.2) is 30.8 Å². The summed E-state index contributed by atoms with van der Waals surface area (Å²) in [4.78, 5) is 25.4. The van der Waals surface area contributed by atoms with E-state index in [1.165, 1.54) is 19.3 Å². The van der Waals surface area contributed by atoms with Crippen LogP contribution in [0.5, 0.6) is 0 Å². The number of anilines is 1. The zero-order valence-corrected chi connectivity index (χ0v) is 12.6. The molecular weight excluding hydrogens is 264 g/mol. The summed E-state index contributed by atoms with van der Waals surface area (Å²) in [5.41, 5.74) is 1.79. The number of likely N-dealkylation sites (N-methyl/N-ethyl adjacent to an activating group) is 1. The molecular formula is C17H22N2O2. The zero-order chi connectivity index (χ0) is 15.0. The van der Waals surface area contributed by atoms with Gasteiger partial charge in [0.15, 0.2) is 0 Å². The fourth-order valence-corrected chi connectivity index (χ4v) is 3.47. The van der Waals surface area contributed by atoms with Gasteiger partial charge >= 0.3 is 0 Å². The Morgan fingerprint density at radius 2 is 1.76 bits per heavy atom. The van der Waals surface area contributed by atoms with Gasteiger partial charge in [0.2, 0.25) is 11.8 Å².